The molecule has 23 heavy (non-hydrogen) atoms. The summed E-state index contributed by atoms with van der Waals surface area (Å²) in [6, 6.07) is 9.34. The minimum absolute atomic E-state index is 0.138. The van der Waals surface area contributed by atoms with Crippen LogP contribution in [0.4, 0.5) is 0 Å². The Bertz CT molecular complexity index is 444. The Kier molecular flexibility index (Phi) is 6.91. The third kappa shape index (κ3) is 6.15. The number of benzene rings is 1. The van der Waals surface area contributed by atoms with Crippen molar-refractivity contribution in [1.82, 2.24) is 10.2 Å². The first kappa shape index (κ1) is 18.3. The van der Waals surface area contributed by atoms with Crippen LogP contribution in [0, 0.1) is 0 Å². The molecule has 1 aromatic rings. The second kappa shape index (κ2) is 8.70. The zero-order valence-electron chi connectivity index (χ0n) is 15.4. The van der Waals surface area contributed by atoms with Crippen LogP contribution in [0.1, 0.15) is 65.0 Å². The molecule has 130 valence electrons. The van der Waals surface area contributed by atoms with Crippen molar-refractivity contribution in [2.24, 2.45) is 0 Å². The zero-order chi connectivity index (χ0) is 16.7. The van der Waals surface area contributed by atoms with Crippen LogP contribution in [0.15, 0.2) is 24.3 Å². The van der Waals surface area contributed by atoms with Crippen molar-refractivity contribution in [3.05, 3.63) is 29.8 Å². The molecule has 0 aliphatic carbocycles. The second-order valence-electron chi connectivity index (χ2n) is 7.58. The highest BCUT2D eigenvalue weighted by Gasteiger charge is 2.22. The first-order chi connectivity index (χ1) is 11.0. The van der Waals surface area contributed by atoms with Crippen molar-refractivity contribution >= 4 is 0 Å². The Morgan fingerprint density at radius 1 is 1.09 bits per heavy atom. The van der Waals surface area contributed by atoms with E-state index in [0.29, 0.717) is 6.04 Å². The SMILES string of the molecule is CCCCC[C@@H](c1ccc(OC(C)(C)C)cc1)N1CCNCC1. The normalized spacial score (nSPS) is 17.9. The standard InChI is InChI=1S/C20H34N2O/c1-5-6-7-8-19(22-15-13-21-14-16-22)17-9-11-18(12-10-17)23-20(2,3)4/h9-12,19,21H,5-8,13-16H2,1-4H3/t19-/m0/s1. The van der Waals surface area contributed by atoms with Crippen LogP contribution >= 0.6 is 0 Å². The number of ether oxygens (including phenoxy) is 1. The molecule has 1 N–H and O–H groups in total. The van der Waals surface area contributed by atoms with Gasteiger partial charge in [-0.25, -0.2) is 0 Å². The van der Waals surface area contributed by atoms with Crippen LogP contribution in [0.2, 0.25) is 0 Å². The molecule has 1 atom stereocenters. The number of nitrogens with zero attached hydrogens (tertiary/aromatic N) is 1. The van der Waals surface area contributed by atoms with E-state index in [0.717, 1.165) is 31.9 Å². The smallest absolute Gasteiger partial charge is 0.120 e. The van der Waals surface area contributed by atoms with E-state index in [1.165, 1.54) is 31.2 Å². The Morgan fingerprint density at radius 3 is 2.30 bits per heavy atom. The van der Waals surface area contributed by atoms with Gasteiger partial charge in [0.2, 0.25) is 0 Å². The van der Waals surface area contributed by atoms with Crippen LogP contribution in [0.25, 0.3) is 0 Å². The summed E-state index contributed by atoms with van der Waals surface area (Å²) >= 11 is 0. The van der Waals surface area contributed by atoms with Crippen LogP contribution in [0.5, 0.6) is 5.75 Å². The molecule has 0 bridgehead atoms. The molecule has 0 amide bonds. The number of nitrogens with one attached hydrogen (secondary N) is 1. The van der Waals surface area contributed by atoms with Gasteiger partial charge in [-0.2, -0.15) is 0 Å². The van der Waals surface area contributed by atoms with E-state index in [1.54, 1.807) is 0 Å². The summed E-state index contributed by atoms with van der Waals surface area (Å²) in [4.78, 5) is 2.64. The lowest BCUT2D eigenvalue weighted by molar-refractivity contribution is 0.130. The lowest BCUT2D eigenvalue weighted by atomic mass is 9.98. The lowest BCUT2D eigenvalue weighted by Gasteiger charge is -2.35. The van der Waals surface area contributed by atoms with Crippen molar-refractivity contribution in [3.8, 4) is 5.75 Å². The number of hydrogen-bond acceptors (Lipinski definition) is 3. The highest BCUT2D eigenvalue weighted by atomic mass is 16.5. The zero-order valence-corrected chi connectivity index (χ0v) is 15.4. The van der Waals surface area contributed by atoms with Gasteiger partial charge in [0.1, 0.15) is 11.4 Å². The van der Waals surface area contributed by atoms with Crippen molar-refractivity contribution < 1.29 is 4.74 Å². The maximum absolute atomic E-state index is 5.96. The molecule has 1 aromatic carbocycles. The highest BCUT2D eigenvalue weighted by molar-refractivity contribution is 5.29. The van der Waals surface area contributed by atoms with Crippen LogP contribution in [0.3, 0.4) is 0 Å². The molecule has 0 radical (unpaired) electrons. The maximum Gasteiger partial charge on any atom is 0.120 e. The van der Waals surface area contributed by atoms with E-state index in [9.17, 15) is 0 Å². The van der Waals surface area contributed by atoms with Gasteiger partial charge in [-0.05, 0) is 44.9 Å². The van der Waals surface area contributed by atoms with Gasteiger partial charge in [-0.15, -0.1) is 0 Å². The Labute approximate surface area is 142 Å². The molecule has 3 heteroatoms. The summed E-state index contributed by atoms with van der Waals surface area (Å²) in [6.07, 6.45) is 5.18. The first-order valence-electron chi connectivity index (χ1n) is 9.23. The Hall–Kier alpha value is -1.06. The van der Waals surface area contributed by atoms with Gasteiger partial charge in [-0.1, -0.05) is 38.3 Å². The van der Waals surface area contributed by atoms with Crippen LogP contribution in [-0.4, -0.2) is 36.7 Å². The second-order valence-corrected chi connectivity index (χ2v) is 7.58. The van der Waals surface area contributed by atoms with Gasteiger partial charge < -0.3 is 10.1 Å². The Morgan fingerprint density at radius 2 is 1.74 bits per heavy atom. The van der Waals surface area contributed by atoms with Crippen molar-refractivity contribution in [1.29, 1.82) is 0 Å². The topological polar surface area (TPSA) is 24.5 Å². The fraction of sp³-hybridized carbons (Fsp3) is 0.700. The van der Waals surface area contributed by atoms with E-state index in [2.05, 4.69) is 62.2 Å². The summed E-state index contributed by atoms with van der Waals surface area (Å²) in [6.45, 7) is 13.1. The fourth-order valence-corrected chi connectivity index (χ4v) is 3.25. The lowest BCUT2D eigenvalue weighted by Crippen LogP contribution is -2.45. The summed E-state index contributed by atoms with van der Waals surface area (Å²) < 4.78 is 5.96. The van der Waals surface area contributed by atoms with Gasteiger partial charge in [0.05, 0.1) is 0 Å². The van der Waals surface area contributed by atoms with Crippen molar-refractivity contribution in [2.75, 3.05) is 26.2 Å². The van der Waals surface area contributed by atoms with Gasteiger partial charge in [0.25, 0.3) is 0 Å². The molecular weight excluding hydrogens is 284 g/mol. The third-order valence-corrected chi connectivity index (χ3v) is 4.36. The summed E-state index contributed by atoms with van der Waals surface area (Å²) in [5.41, 5.74) is 1.30. The number of hydrogen-bond donors (Lipinski definition) is 1. The third-order valence-electron chi connectivity index (χ3n) is 4.36. The van der Waals surface area contributed by atoms with Crippen molar-refractivity contribution in [3.63, 3.8) is 0 Å². The average Bonchev–Trinajstić information content (AvgIpc) is 2.52. The van der Waals surface area contributed by atoms with Gasteiger partial charge >= 0.3 is 0 Å². The molecule has 1 saturated heterocycles. The molecule has 0 spiro atoms. The Balaban J connectivity index is 2.07. The van der Waals surface area contributed by atoms with Gasteiger partial charge in [0, 0.05) is 32.2 Å². The van der Waals surface area contributed by atoms with E-state index in [1.807, 2.05) is 0 Å². The summed E-state index contributed by atoms with van der Waals surface area (Å²) in [5.74, 6) is 0.967. The minimum atomic E-state index is -0.138. The predicted octanol–water partition coefficient (Wildman–Crippen LogP) is 4.39. The monoisotopic (exact) mass is 318 g/mol. The average molecular weight is 319 g/mol. The predicted molar refractivity (Wildman–Crippen MR) is 98.1 cm³/mol. The summed E-state index contributed by atoms with van der Waals surface area (Å²) in [5, 5.41) is 3.46. The largest absolute Gasteiger partial charge is 0.488 e. The number of unbranched alkanes of at least 4 members (excludes halogenated alkanes) is 2. The van der Waals surface area contributed by atoms with E-state index >= 15 is 0 Å². The van der Waals surface area contributed by atoms with E-state index in [-0.39, 0.29) is 5.60 Å². The van der Waals surface area contributed by atoms with Gasteiger partial charge in [0.15, 0.2) is 0 Å². The summed E-state index contributed by atoms with van der Waals surface area (Å²) in [7, 11) is 0. The molecule has 1 heterocycles. The van der Waals surface area contributed by atoms with E-state index in [4.69, 9.17) is 4.74 Å². The highest BCUT2D eigenvalue weighted by Crippen LogP contribution is 2.29. The van der Waals surface area contributed by atoms with Gasteiger partial charge in [-0.3, -0.25) is 4.90 Å². The molecule has 0 unspecified atom stereocenters. The number of rotatable bonds is 7. The molecule has 3 nitrogen and oxygen atoms in total. The minimum Gasteiger partial charge on any atom is -0.488 e. The molecule has 0 aromatic heterocycles. The quantitative estimate of drug-likeness (QED) is 0.755. The fourth-order valence-electron chi connectivity index (χ4n) is 3.25. The molecule has 2 rings (SSSR count). The van der Waals surface area contributed by atoms with Crippen molar-refractivity contribution in [2.45, 2.75) is 65.0 Å². The van der Waals surface area contributed by atoms with Crippen LogP contribution in [-0.2, 0) is 0 Å². The molecule has 1 aliphatic rings. The van der Waals surface area contributed by atoms with Crippen LogP contribution < -0.4 is 10.1 Å². The molecular formula is C20H34N2O. The maximum atomic E-state index is 5.96. The number of piperazine rings is 1. The van der Waals surface area contributed by atoms with E-state index < -0.39 is 0 Å². The molecule has 1 fully saturated rings. The molecule has 1 aliphatic heterocycles. The molecule has 0 saturated carbocycles. The first-order valence-corrected chi connectivity index (χ1v) is 9.23.